The lowest BCUT2D eigenvalue weighted by atomic mass is 10.2. The fourth-order valence-electron chi connectivity index (χ4n) is 0.916. The summed E-state index contributed by atoms with van der Waals surface area (Å²) in [5, 5.41) is 9.21. The number of aromatic hydroxyl groups is 1. The molecule has 0 amide bonds. The molecule has 4 heteroatoms. The van der Waals surface area contributed by atoms with Gasteiger partial charge in [0.1, 0.15) is 5.75 Å². The second-order valence-electron chi connectivity index (χ2n) is 3.12. The highest BCUT2D eigenvalue weighted by Crippen LogP contribution is 2.24. The highest BCUT2D eigenvalue weighted by Gasteiger charge is 2.10. The maximum absolute atomic E-state index is 11.4. The van der Waals surface area contributed by atoms with E-state index < -0.39 is 0 Å². The minimum absolute atomic E-state index is 0.103. The topological polar surface area (TPSA) is 46.5 Å². The third kappa shape index (κ3) is 2.73. The van der Waals surface area contributed by atoms with Crippen LogP contribution >= 0.6 is 15.9 Å². The van der Waals surface area contributed by atoms with E-state index in [-0.39, 0.29) is 17.8 Å². The van der Waals surface area contributed by atoms with E-state index in [2.05, 4.69) is 15.9 Å². The number of rotatable bonds is 2. The molecular weight excluding hydrogens is 248 g/mol. The van der Waals surface area contributed by atoms with Crippen molar-refractivity contribution in [1.82, 2.24) is 0 Å². The molecule has 0 saturated heterocycles. The second-order valence-corrected chi connectivity index (χ2v) is 3.97. The van der Waals surface area contributed by atoms with E-state index in [0.717, 1.165) is 0 Å². The summed E-state index contributed by atoms with van der Waals surface area (Å²) in [4.78, 5) is 11.4. The van der Waals surface area contributed by atoms with Gasteiger partial charge < -0.3 is 9.84 Å². The summed E-state index contributed by atoms with van der Waals surface area (Å²) in [7, 11) is 0. The molecule has 0 atom stereocenters. The summed E-state index contributed by atoms with van der Waals surface area (Å²) in [5.74, 6) is -0.285. The second kappa shape index (κ2) is 4.46. The van der Waals surface area contributed by atoms with Crippen LogP contribution in [-0.2, 0) is 4.74 Å². The zero-order chi connectivity index (χ0) is 10.7. The van der Waals surface area contributed by atoms with Gasteiger partial charge >= 0.3 is 5.97 Å². The van der Waals surface area contributed by atoms with Crippen LogP contribution in [0, 0.1) is 0 Å². The molecule has 0 spiro atoms. The summed E-state index contributed by atoms with van der Waals surface area (Å²) in [6.07, 6.45) is -0.143. The Hall–Kier alpha value is -1.03. The molecule has 1 N–H and O–H groups in total. The normalized spacial score (nSPS) is 10.3. The van der Waals surface area contributed by atoms with Crippen molar-refractivity contribution in [2.24, 2.45) is 0 Å². The first-order valence-electron chi connectivity index (χ1n) is 4.20. The Labute approximate surface area is 90.8 Å². The molecule has 0 saturated carbocycles. The number of carbonyl (C=O) groups is 1. The van der Waals surface area contributed by atoms with Crippen LogP contribution in [0.3, 0.4) is 0 Å². The molecule has 1 aromatic carbocycles. The highest BCUT2D eigenvalue weighted by atomic mass is 79.9. The van der Waals surface area contributed by atoms with E-state index in [1.54, 1.807) is 13.8 Å². The van der Waals surface area contributed by atoms with Crippen LogP contribution in [0.25, 0.3) is 0 Å². The number of halogens is 1. The maximum Gasteiger partial charge on any atom is 0.338 e. The van der Waals surface area contributed by atoms with E-state index >= 15 is 0 Å². The summed E-state index contributed by atoms with van der Waals surface area (Å²) in [6, 6.07) is 4.49. The van der Waals surface area contributed by atoms with Gasteiger partial charge in [0.05, 0.1) is 16.1 Å². The fraction of sp³-hybridized carbons (Fsp3) is 0.300. The van der Waals surface area contributed by atoms with Crippen LogP contribution in [0.4, 0.5) is 0 Å². The van der Waals surface area contributed by atoms with Crippen molar-refractivity contribution in [3.8, 4) is 5.75 Å². The van der Waals surface area contributed by atoms with Gasteiger partial charge in [0.25, 0.3) is 0 Å². The maximum atomic E-state index is 11.4. The van der Waals surface area contributed by atoms with Crippen molar-refractivity contribution >= 4 is 21.9 Å². The lowest BCUT2D eigenvalue weighted by Gasteiger charge is -2.08. The molecule has 14 heavy (non-hydrogen) atoms. The van der Waals surface area contributed by atoms with Gasteiger partial charge in [-0.15, -0.1) is 0 Å². The number of phenolic OH excluding ortho intramolecular Hbond substituents is 1. The van der Waals surface area contributed by atoms with Crippen LogP contribution in [0.5, 0.6) is 5.75 Å². The smallest absolute Gasteiger partial charge is 0.338 e. The molecule has 0 bridgehead atoms. The summed E-state index contributed by atoms with van der Waals surface area (Å²) in [6.45, 7) is 3.57. The highest BCUT2D eigenvalue weighted by molar-refractivity contribution is 9.10. The Kier molecular flexibility index (Phi) is 3.52. The number of hydrogen-bond acceptors (Lipinski definition) is 3. The molecule has 1 aromatic rings. The van der Waals surface area contributed by atoms with Crippen LogP contribution in [-0.4, -0.2) is 17.2 Å². The fourth-order valence-corrected chi connectivity index (χ4v) is 1.29. The van der Waals surface area contributed by atoms with Crippen molar-refractivity contribution < 1.29 is 14.6 Å². The zero-order valence-corrected chi connectivity index (χ0v) is 9.54. The number of ether oxygens (including phenoxy) is 1. The van der Waals surface area contributed by atoms with E-state index in [4.69, 9.17) is 4.74 Å². The Bertz CT molecular complexity index is 347. The van der Waals surface area contributed by atoms with E-state index in [1.807, 2.05) is 0 Å². The molecule has 3 nitrogen and oxygen atoms in total. The number of benzene rings is 1. The van der Waals surface area contributed by atoms with Crippen molar-refractivity contribution in [3.63, 3.8) is 0 Å². The van der Waals surface area contributed by atoms with Crippen LogP contribution in [0.2, 0.25) is 0 Å². The SMILES string of the molecule is CC(C)OC(=O)c1ccc(O)c(Br)c1. The van der Waals surface area contributed by atoms with E-state index in [9.17, 15) is 9.90 Å². The Morgan fingerprint density at radius 2 is 2.14 bits per heavy atom. The number of hydrogen-bond donors (Lipinski definition) is 1. The lowest BCUT2D eigenvalue weighted by molar-refractivity contribution is 0.0378. The van der Waals surface area contributed by atoms with Gasteiger partial charge in [-0.2, -0.15) is 0 Å². The quantitative estimate of drug-likeness (QED) is 0.830. The molecule has 76 valence electrons. The molecule has 0 aromatic heterocycles. The minimum Gasteiger partial charge on any atom is -0.507 e. The largest absolute Gasteiger partial charge is 0.507 e. The van der Waals surface area contributed by atoms with E-state index in [0.29, 0.717) is 10.0 Å². The van der Waals surface area contributed by atoms with Gasteiger partial charge in [-0.3, -0.25) is 0 Å². The predicted octanol–water partition coefficient (Wildman–Crippen LogP) is 2.72. The standard InChI is InChI=1S/C10H11BrO3/c1-6(2)14-10(13)7-3-4-9(12)8(11)5-7/h3-6,12H,1-2H3. The van der Waals surface area contributed by atoms with Crippen molar-refractivity contribution in [1.29, 1.82) is 0 Å². The van der Waals surface area contributed by atoms with Gasteiger partial charge in [0.2, 0.25) is 0 Å². The summed E-state index contributed by atoms with van der Waals surface area (Å²) >= 11 is 3.12. The Morgan fingerprint density at radius 1 is 1.50 bits per heavy atom. The van der Waals surface area contributed by atoms with Gasteiger partial charge in [-0.1, -0.05) is 0 Å². The molecular formula is C10H11BrO3. The van der Waals surface area contributed by atoms with Crippen LogP contribution < -0.4 is 0 Å². The molecule has 0 fully saturated rings. The van der Waals surface area contributed by atoms with Crippen molar-refractivity contribution in [2.75, 3.05) is 0 Å². The van der Waals surface area contributed by atoms with Crippen molar-refractivity contribution in [2.45, 2.75) is 20.0 Å². The number of phenols is 1. The molecule has 0 aliphatic heterocycles. The number of carbonyl (C=O) groups excluding carboxylic acids is 1. The monoisotopic (exact) mass is 258 g/mol. The minimum atomic E-state index is -0.388. The Balaban J connectivity index is 2.86. The van der Waals surface area contributed by atoms with E-state index in [1.165, 1.54) is 18.2 Å². The Morgan fingerprint density at radius 3 is 2.64 bits per heavy atom. The van der Waals surface area contributed by atoms with Crippen LogP contribution in [0.1, 0.15) is 24.2 Å². The van der Waals surface area contributed by atoms with Gasteiger partial charge in [-0.05, 0) is 48.0 Å². The summed E-state index contributed by atoms with van der Waals surface area (Å²) < 4.78 is 5.47. The van der Waals surface area contributed by atoms with Gasteiger partial charge in [-0.25, -0.2) is 4.79 Å². The average molecular weight is 259 g/mol. The molecule has 0 radical (unpaired) electrons. The first-order chi connectivity index (χ1) is 6.50. The predicted molar refractivity (Wildman–Crippen MR) is 56.4 cm³/mol. The molecule has 1 rings (SSSR count). The zero-order valence-electron chi connectivity index (χ0n) is 7.95. The first-order valence-corrected chi connectivity index (χ1v) is 4.99. The van der Waals surface area contributed by atoms with Crippen LogP contribution in [0.15, 0.2) is 22.7 Å². The third-order valence-electron chi connectivity index (χ3n) is 1.53. The molecule has 0 heterocycles. The van der Waals surface area contributed by atoms with Gasteiger partial charge in [0, 0.05) is 0 Å². The summed E-state index contributed by atoms with van der Waals surface area (Å²) in [5.41, 5.74) is 0.420. The first kappa shape index (κ1) is 11.0. The third-order valence-corrected chi connectivity index (χ3v) is 2.16. The molecule has 0 aliphatic carbocycles. The lowest BCUT2D eigenvalue weighted by Crippen LogP contribution is -2.11. The molecule has 0 unspecified atom stereocenters. The molecule has 0 aliphatic rings. The average Bonchev–Trinajstić information content (AvgIpc) is 2.08. The van der Waals surface area contributed by atoms with Crippen molar-refractivity contribution in [3.05, 3.63) is 28.2 Å². The van der Waals surface area contributed by atoms with Gasteiger partial charge in [0.15, 0.2) is 0 Å². The number of esters is 1.